The minimum absolute atomic E-state index is 0.0456. The summed E-state index contributed by atoms with van der Waals surface area (Å²) in [6, 6.07) is 14.6. The van der Waals surface area contributed by atoms with E-state index in [1.807, 2.05) is 49.4 Å². The quantitative estimate of drug-likeness (QED) is 0.577. The van der Waals surface area contributed by atoms with Crippen molar-refractivity contribution in [3.8, 4) is 28.6 Å². The Morgan fingerprint density at radius 3 is 2.71 bits per heavy atom. The van der Waals surface area contributed by atoms with Gasteiger partial charge in [-0.1, -0.05) is 17.3 Å². The number of rotatable bonds is 7. The molecule has 7 nitrogen and oxygen atoms in total. The normalized spacial score (nSPS) is 12.0. The molecule has 144 valence electrons. The molecule has 0 atom stereocenters. The monoisotopic (exact) mass is 381 g/mol. The lowest BCUT2D eigenvalue weighted by molar-refractivity contribution is -0.144. The van der Waals surface area contributed by atoms with Gasteiger partial charge < -0.3 is 23.5 Å². The molecule has 4 rings (SSSR count). The van der Waals surface area contributed by atoms with Crippen LogP contribution in [0.4, 0.5) is 0 Å². The van der Waals surface area contributed by atoms with Crippen LogP contribution in [0, 0.1) is 0 Å². The number of aromatic nitrogens is 1. The largest absolute Gasteiger partial charge is 0.494 e. The first-order valence-corrected chi connectivity index (χ1v) is 8.94. The van der Waals surface area contributed by atoms with Gasteiger partial charge in [-0.15, -0.1) is 0 Å². The van der Waals surface area contributed by atoms with Crippen molar-refractivity contribution in [3.63, 3.8) is 0 Å². The second kappa shape index (κ2) is 8.04. The summed E-state index contributed by atoms with van der Waals surface area (Å²) < 4.78 is 26.7. The number of hydrogen-bond acceptors (Lipinski definition) is 7. The maximum Gasteiger partial charge on any atom is 0.310 e. The molecule has 2 heterocycles. The summed E-state index contributed by atoms with van der Waals surface area (Å²) in [5.41, 5.74) is 2.20. The molecular formula is C21H19NO6. The van der Waals surface area contributed by atoms with Crippen LogP contribution >= 0.6 is 0 Å². The molecule has 28 heavy (non-hydrogen) atoms. The van der Waals surface area contributed by atoms with Gasteiger partial charge in [-0.3, -0.25) is 4.79 Å². The van der Waals surface area contributed by atoms with Crippen molar-refractivity contribution in [2.24, 2.45) is 0 Å². The zero-order valence-corrected chi connectivity index (χ0v) is 15.3. The highest BCUT2D eigenvalue weighted by Gasteiger charge is 2.16. The second-order valence-corrected chi connectivity index (χ2v) is 6.16. The molecular weight excluding hydrogens is 362 g/mol. The highest BCUT2D eigenvalue weighted by molar-refractivity contribution is 5.72. The standard InChI is InChI=1S/C21H19NO6/c1-2-24-17-6-3-14(4-7-17)9-21(23)25-12-16-11-19(28-22-16)15-5-8-18-20(10-15)27-13-26-18/h3-8,10-11H,2,9,12-13H2,1H3. The molecule has 0 saturated carbocycles. The van der Waals surface area contributed by atoms with Gasteiger partial charge in [-0.05, 0) is 42.8 Å². The molecule has 3 aromatic rings. The number of nitrogens with zero attached hydrogens (tertiary/aromatic N) is 1. The summed E-state index contributed by atoms with van der Waals surface area (Å²) in [4.78, 5) is 12.1. The summed E-state index contributed by atoms with van der Waals surface area (Å²) in [6.07, 6.45) is 0.180. The van der Waals surface area contributed by atoms with Gasteiger partial charge >= 0.3 is 5.97 Å². The first-order valence-electron chi connectivity index (χ1n) is 8.94. The number of benzene rings is 2. The van der Waals surface area contributed by atoms with E-state index in [4.69, 9.17) is 23.5 Å². The van der Waals surface area contributed by atoms with E-state index in [-0.39, 0.29) is 25.8 Å². The van der Waals surface area contributed by atoms with Crippen molar-refractivity contribution in [1.29, 1.82) is 0 Å². The third kappa shape index (κ3) is 4.09. The molecule has 1 aliphatic rings. The Morgan fingerprint density at radius 2 is 1.89 bits per heavy atom. The van der Waals surface area contributed by atoms with E-state index in [1.165, 1.54) is 0 Å². The molecule has 0 radical (unpaired) electrons. The van der Waals surface area contributed by atoms with Gasteiger partial charge in [0.15, 0.2) is 17.3 Å². The van der Waals surface area contributed by atoms with Crippen molar-refractivity contribution in [2.75, 3.05) is 13.4 Å². The predicted octanol–water partition coefficient (Wildman–Crippen LogP) is 3.75. The fourth-order valence-electron chi connectivity index (χ4n) is 2.81. The number of fused-ring (bicyclic) bond motifs is 1. The average molecular weight is 381 g/mol. The fourth-order valence-corrected chi connectivity index (χ4v) is 2.81. The number of carbonyl (C=O) groups excluding carboxylic acids is 1. The Morgan fingerprint density at radius 1 is 1.07 bits per heavy atom. The molecule has 2 aromatic carbocycles. The maximum atomic E-state index is 12.1. The lowest BCUT2D eigenvalue weighted by Crippen LogP contribution is -2.08. The van der Waals surface area contributed by atoms with Gasteiger partial charge in [0, 0.05) is 11.6 Å². The van der Waals surface area contributed by atoms with E-state index < -0.39 is 0 Å². The highest BCUT2D eigenvalue weighted by Crippen LogP contribution is 2.36. The Labute approximate surface area is 161 Å². The van der Waals surface area contributed by atoms with Gasteiger partial charge in [-0.25, -0.2) is 0 Å². The predicted molar refractivity (Wildman–Crippen MR) is 99.2 cm³/mol. The molecule has 0 spiro atoms. The van der Waals surface area contributed by atoms with Crippen LogP contribution < -0.4 is 14.2 Å². The third-order valence-electron chi connectivity index (χ3n) is 4.18. The van der Waals surface area contributed by atoms with E-state index in [1.54, 1.807) is 6.07 Å². The Hall–Kier alpha value is -3.48. The minimum Gasteiger partial charge on any atom is -0.494 e. The summed E-state index contributed by atoms with van der Waals surface area (Å²) in [7, 11) is 0. The zero-order chi connectivity index (χ0) is 19.3. The SMILES string of the molecule is CCOc1ccc(CC(=O)OCc2cc(-c3ccc4c(c3)OCO4)on2)cc1. The second-order valence-electron chi connectivity index (χ2n) is 6.16. The maximum absolute atomic E-state index is 12.1. The molecule has 0 bridgehead atoms. The van der Waals surface area contributed by atoms with Gasteiger partial charge in [0.2, 0.25) is 6.79 Å². The first-order chi connectivity index (χ1) is 13.7. The average Bonchev–Trinajstić information content (AvgIpc) is 3.37. The Balaban J connectivity index is 1.32. The van der Waals surface area contributed by atoms with E-state index in [0.717, 1.165) is 16.9 Å². The Kier molecular flexibility index (Phi) is 5.14. The Bertz CT molecular complexity index is 963. The minimum atomic E-state index is -0.336. The van der Waals surface area contributed by atoms with E-state index in [2.05, 4.69) is 5.16 Å². The summed E-state index contributed by atoms with van der Waals surface area (Å²) in [5, 5.41) is 3.96. The molecule has 0 unspecified atom stereocenters. The molecule has 0 N–H and O–H groups in total. The van der Waals surface area contributed by atoms with Crippen LogP contribution in [0.3, 0.4) is 0 Å². The van der Waals surface area contributed by atoms with E-state index >= 15 is 0 Å². The lowest BCUT2D eigenvalue weighted by Gasteiger charge is -2.05. The topological polar surface area (TPSA) is 80.0 Å². The van der Waals surface area contributed by atoms with Gasteiger partial charge in [-0.2, -0.15) is 0 Å². The molecule has 7 heteroatoms. The van der Waals surface area contributed by atoms with Crippen LogP contribution in [0.2, 0.25) is 0 Å². The highest BCUT2D eigenvalue weighted by atomic mass is 16.7. The summed E-state index contributed by atoms with van der Waals surface area (Å²) in [5.74, 6) is 2.37. The number of carbonyl (C=O) groups is 1. The lowest BCUT2D eigenvalue weighted by atomic mass is 10.1. The molecule has 0 fully saturated rings. The van der Waals surface area contributed by atoms with Crippen LogP contribution in [-0.2, 0) is 22.6 Å². The summed E-state index contributed by atoms with van der Waals surface area (Å²) >= 11 is 0. The molecule has 0 aliphatic carbocycles. The van der Waals surface area contributed by atoms with Gasteiger partial charge in [0.1, 0.15) is 18.1 Å². The number of hydrogen-bond donors (Lipinski definition) is 0. The van der Waals surface area contributed by atoms with Gasteiger partial charge in [0.25, 0.3) is 0 Å². The number of ether oxygens (including phenoxy) is 4. The van der Waals surface area contributed by atoms with E-state index in [0.29, 0.717) is 29.6 Å². The summed E-state index contributed by atoms with van der Waals surface area (Å²) in [6.45, 7) is 2.79. The van der Waals surface area contributed by atoms with Crippen molar-refractivity contribution < 1.29 is 28.3 Å². The van der Waals surface area contributed by atoms with Crippen LogP contribution in [-0.4, -0.2) is 24.5 Å². The molecule has 1 aromatic heterocycles. The molecule has 0 amide bonds. The number of esters is 1. The zero-order valence-electron chi connectivity index (χ0n) is 15.3. The fraction of sp³-hybridized carbons (Fsp3) is 0.238. The van der Waals surface area contributed by atoms with Crippen LogP contribution in [0.5, 0.6) is 17.2 Å². The van der Waals surface area contributed by atoms with Crippen LogP contribution in [0.15, 0.2) is 53.1 Å². The van der Waals surface area contributed by atoms with Gasteiger partial charge in [0.05, 0.1) is 13.0 Å². The van der Waals surface area contributed by atoms with Crippen molar-refractivity contribution in [3.05, 3.63) is 59.8 Å². The van der Waals surface area contributed by atoms with Crippen molar-refractivity contribution in [1.82, 2.24) is 5.16 Å². The van der Waals surface area contributed by atoms with E-state index in [9.17, 15) is 4.79 Å². The first kappa shape index (κ1) is 17.9. The smallest absolute Gasteiger partial charge is 0.310 e. The van der Waals surface area contributed by atoms with Crippen molar-refractivity contribution >= 4 is 5.97 Å². The molecule has 1 aliphatic heterocycles. The third-order valence-corrected chi connectivity index (χ3v) is 4.18. The van der Waals surface area contributed by atoms with Crippen molar-refractivity contribution in [2.45, 2.75) is 20.0 Å². The van der Waals surface area contributed by atoms with Crippen LogP contribution in [0.1, 0.15) is 18.2 Å². The molecule has 0 saturated heterocycles. The van der Waals surface area contributed by atoms with Crippen LogP contribution in [0.25, 0.3) is 11.3 Å².